The predicted octanol–water partition coefficient (Wildman–Crippen LogP) is 2.00. The number of hydroxylamine groups is 2. The first-order valence-corrected chi connectivity index (χ1v) is 9.75. The van der Waals surface area contributed by atoms with Gasteiger partial charge in [0.25, 0.3) is 0 Å². The molecule has 0 spiro atoms. The summed E-state index contributed by atoms with van der Waals surface area (Å²) in [5.41, 5.74) is -1.59. The standard InChI is InChI=1S/C19H32N6O4/c1-17(2)9-14(10-18(3,4)25(17)29-19(5,6)13-20)22-11-15(26)12-23-8-7-21-16(23)24(27)28/h7-8,14-15,22,26H,9-12H2,1-6H3. The third-order valence-corrected chi connectivity index (χ3v) is 5.09. The SMILES string of the molecule is CC(C)(C#N)ON1C(C)(C)CC(NCC(O)Cn2ccnc2[N+](=O)[O-])CC1(C)C. The van der Waals surface area contributed by atoms with Crippen molar-refractivity contribution in [2.75, 3.05) is 6.54 Å². The van der Waals surface area contributed by atoms with Gasteiger partial charge in [0, 0.05) is 23.7 Å². The fourth-order valence-corrected chi connectivity index (χ4v) is 4.11. The van der Waals surface area contributed by atoms with E-state index in [9.17, 15) is 20.5 Å². The summed E-state index contributed by atoms with van der Waals surface area (Å²) < 4.78 is 1.33. The second-order valence-corrected chi connectivity index (χ2v) is 9.44. The normalized spacial score (nSPS) is 20.9. The van der Waals surface area contributed by atoms with E-state index in [0.717, 1.165) is 12.8 Å². The molecule has 2 rings (SSSR count). The lowest BCUT2D eigenvalue weighted by molar-refractivity contribution is -0.397. The van der Waals surface area contributed by atoms with E-state index in [-0.39, 0.29) is 29.6 Å². The van der Waals surface area contributed by atoms with Crippen molar-refractivity contribution in [1.29, 1.82) is 5.26 Å². The van der Waals surface area contributed by atoms with Crippen LogP contribution in [0.4, 0.5) is 5.95 Å². The molecular weight excluding hydrogens is 376 g/mol. The molecule has 0 amide bonds. The molecule has 0 aliphatic carbocycles. The van der Waals surface area contributed by atoms with E-state index in [0.29, 0.717) is 6.54 Å². The van der Waals surface area contributed by atoms with Crippen molar-refractivity contribution in [3.8, 4) is 6.07 Å². The number of aromatic nitrogens is 2. The molecule has 1 aromatic rings. The average Bonchev–Trinajstić information content (AvgIpc) is 3.04. The summed E-state index contributed by atoms with van der Waals surface area (Å²) >= 11 is 0. The van der Waals surface area contributed by atoms with Crippen LogP contribution in [-0.4, -0.2) is 60.0 Å². The molecule has 10 heteroatoms. The van der Waals surface area contributed by atoms with Crippen LogP contribution in [0.25, 0.3) is 0 Å². The zero-order valence-electron chi connectivity index (χ0n) is 18.0. The number of hydrogen-bond acceptors (Lipinski definition) is 8. The van der Waals surface area contributed by atoms with Gasteiger partial charge < -0.3 is 20.5 Å². The number of nitrogens with zero attached hydrogens (tertiary/aromatic N) is 5. The van der Waals surface area contributed by atoms with Gasteiger partial charge in [-0.05, 0) is 59.3 Å². The molecular formula is C19H32N6O4. The Hall–Kier alpha value is -2.06. The van der Waals surface area contributed by atoms with Crippen LogP contribution >= 0.6 is 0 Å². The Morgan fingerprint density at radius 1 is 1.45 bits per heavy atom. The fourth-order valence-electron chi connectivity index (χ4n) is 4.11. The van der Waals surface area contributed by atoms with Gasteiger partial charge >= 0.3 is 5.95 Å². The molecule has 2 N–H and O–H groups in total. The van der Waals surface area contributed by atoms with Crippen LogP contribution in [0.5, 0.6) is 0 Å². The Labute approximate surface area is 171 Å². The minimum atomic E-state index is -0.926. The van der Waals surface area contributed by atoms with E-state index in [1.165, 1.54) is 17.0 Å². The molecule has 0 aromatic carbocycles. The highest BCUT2D eigenvalue weighted by molar-refractivity contribution is 5.07. The summed E-state index contributed by atoms with van der Waals surface area (Å²) in [6, 6.07) is 2.30. The number of nitro groups is 1. The number of rotatable bonds is 8. The summed E-state index contributed by atoms with van der Waals surface area (Å²) in [6.45, 7) is 12.2. The van der Waals surface area contributed by atoms with Gasteiger partial charge in [-0.1, -0.05) is 4.98 Å². The number of aliphatic hydroxyl groups is 1. The van der Waals surface area contributed by atoms with Crippen molar-refractivity contribution >= 4 is 5.95 Å². The smallest absolute Gasteiger partial charge is 0.390 e. The molecule has 162 valence electrons. The largest absolute Gasteiger partial charge is 0.434 e. The molecule has 0 radical (unpaired) electrons. The third kappa shape index (κ3) is 5.73. The van der Waals surface area contributed by atoms with E-state index in [2.05, 4.69) is 44.1 Å². The molecule has 1 aliphatic heterocycles. The summed E-state index contributed by atoms with van der Waals surface area (Å²) in [4.78, 5) is 20.1. The number of piperidine rings is 1. The summed E-state index contributed by atoms with van der Waals surface area (Å²) in [5, 5.41) is 35.9. The third-order valence-electron chi connectivity index (χ3n) is 5.09. The van der Waals surface area contributed by atoms with Gasteiger partial charge in [0.1, 0.15) is 12.4 Å². The topological polar surface area (TPSA) is 129 Å². The molecule has 1 atom stereocenters. The van der Waals surface area contributed by atoms with Crippen molar-refractivity contribution in [1.82, 2.24) is 19.9 Å². The van der Waals surface area contributed by atoms with Crippen LogP contribution in [0.3, 0.4) is 0 Å². The maximum absolute atomic E-state index is 11.0. The highest BCUT2D eigenvalue weighted by Gasteiger charge is 2.48. The Kier molecular flexibility index (Phi) is 6.69. The maximum Gasteiger partial charge on any atom is 0.434 e. The molecule has 1 fully saturated rings. The number of nitrogens with one attached hydrogen (secondary N) is 1. The molecule has 1 aromatic heterocycles. The number of aliphatic hydroxyl groups excluding tert-OH is 1. The van der Waals surface area contributed by atoms with Crippen molar-refractivity contribution in [3.05, 3.63) is 22.5 Å². The fraction of sp³-hybridized carbons (Fsp3) is 0.789. The van der Waals surface area contributed by atoms with Crippen LogP contribution in [0.1, 0.15) is 54.4 Å². The van der Waals surface area contributed by atoms with Gasteiger partial charge in [0.05, 0.1) is 18.7 Å². The van der Waals surface area contributed by atoms with Gasteiger partial charge in [0.2, 0.25) is 0 Å². The number of imidazole rings is 1. The van der Waals surface area contributed by atoms with E-state index in [1.807, 2.05) is 5.06 Å². The highest BCUT2D eigenvalue weighted by atomic mass is 16.7. The number of nitriles is 1. The lowest BCUT2D eigenvalue weighted by atomic mass is 9.79. The van der Waals surface area contributed by atoms with Gasteiger partial charge in [-0.25, -0.2) is 4.57 Å². The lowest BCUT2D eigenvalue weighted by Gasteiger charge is -2.55. The van der Waals surface area contributed by atoms with E-state index in [4.69, 9.17) is 4.84 Å². The van der Waals surface area contributed by atoms with Crippen LogP contribution in [0, 0.1) is 21.4 Å². The molecule has 1 aliphatic rings. The summed E-state index contributed by atoms with van der Waals surface area (Å²) in [6.07, 6.45) is 3.56. The van der Waals surface area contributed by atoms with Crippen molar-refractivity contribution in [2.24, 2.45) is 0 Å². The van der Waals surface area contributed by atoms with Gasteiger partial charge in [0.15, 0.2) is 5.60 Å². The first-order valence-electron chi connectivity index (χ1n) is 9.75. The van der Waals surface area contributed by atoms with Crippen LogP contribution in [0.15, 0.2) is 12.4 Å². The molecule has 0 saturated carbocycles. The Bertz CT molecular complexity index is 749. The van der Waals surface area contributed by atoms with E-state index in [1.54, 1.807) is 13.8 Å². The van der Waals surface area contributed by atoms with Crippen LogP contribution in [-0.2, 0) is 11.4 Å². The van der Waals surface area contributed by atoms with Crippen LogP contribution in [0.2, 0.25) is 0 Å². The predicted molar refractivity (Wildman–Crippen MR) is 107 cm³/mol. The van der Waals surface area contributed by atoms with E-state index < -0.39 is 16.6 Å². The Balaban J connectivity index is 1.98. The number of hydrogen-bond donors (Lipinski definition) is 2. The average molecular weight is 409 g/mol. The summed E-state index contributed by atoms with van der Waals surface area (Å²) in [5.74, 6) is -0.281. The van der Waals surface area contributed by atoms with Crippen molar-refractivity contribution in [3.63, 3.8) is 0 Å². The van der Waals surface area contributed by atoms with Crippen LogP contribution < -0.4 is 5.32 Å². The molecule has 1 saturated heterocycles. The lowest BCUT2D eigenvalue weighted by Crippen LogP contribution is -2.65. The zero-order valence-corrected chi connectivity index (χ0v) is 18.0. The zero-order chi connectivity index (χ0) is 22.0. The molecule has 1 unspecified atom stereocenters. The van der Waals surface area contributed by atoms with Gasteiger partial charge in [-0.2, -0.15) is 10.3 Å². The minimum absolute atomic E-state index is 0.0917. The molecule has 0 bridgehead atoms. The first kappa shape index (κ1) is 23.2. The minimum Gasteiger partial charge on any atom is -0.390 e. The van der Waals surface area contributed by atoms with E-state index >= 15 is 0 Å². The Morgan fingerprint density at radius 2 is 2.03 bits per heavy atom. The highest BCUT2D eigenvalue weighted by Crippen LogP contribution is 2.40. The monoisotopic (exact) mass is 408 g/mol. The second kappa shape index (κ2) is 8.36. The summed E-state index contributed by atoms with van der Waals surface area (Å²) in [7, 11) is 0. The Morgan fingerprint density at radius 3 is 2.55 bits per heavy atom. The first-order chi connectivity index (χ1) is 13.3. The van der Waals surface area contributed by atoms with Gasteiger partial charge in [-0.15, -0.1) is 0 Å². The molecule has 10 nitrogen and oxygen atoms in total. The van der Waals surface area contributed by atoms with Gasteiger partial charge in [-0.3, -0.25) is 4.84 Å². The second-order valence-electron chi connectivity index (χ2n) is 9.44. The van der Waals surface area contributed by atoms with Crippen molar-refractivity contribution < 1.29 is 14.9 Å². The van der Waals surface area contributed by atoms with Crippen molar-refractivity contribution in [2.45, 2.75) is 89.8 Å². The molecule has 2 heterocycles. The molecule has 29 heavy (non-hydrogen) atoms. The quantitative estimate of drug-likeness (QED) is 0.493. The maximum atomic E-state index is 11.0.